The van der Waals surface area contributed by atoms with Crippen molar-refractivity contribution in [2.24, 2.45) is 0 Å². The standard InChI is InChI=1S/C21H16ClFN4O2/c1-13-4-7-15(8-5-13)27-21(29)16-3-2-10-24-20(16)26(27)12-19(28)25-18-9-6-14(22)11-17(18)23/h2-11H,12H2,1H3,(H,25,28). The summed E-state index contributed by atoms with van der Waals surface area (Å²) in [6.07, 6.45) is 1.55. The Balaban J connectivity index is 1.76. The number of amides is 1. The maximum Gasteiger partial charge on any atom is 0.280 e. The van der Waals surface area contributed by atoms with E-state index in [1.54, 1.807) is 30.5 Å². The Kier molecular flexibility index (Phi) is 4.90. The second-order valence-corrected chi connectivity index (χ2v) is 6.99. The van der Waals surface area contributed by atoms with Crippen LogP contribution < -0.4 is 10.9 Å². The summed E-state index contributed by atoms with van der Waals surface area (Å²) in [5.74, 6) is -1.15. The predicted molar refractivity (Wildman–Crippen MR) is 110 cm³/mol. The first-order valence-corrected chi connectivity index (χ1v) is 9.20. The van der Waals surface area contributed by atoms with Crippen molar-refractivity contribution in [2.75, 3.05) is 5.32 Å². The number of hydrogen-bond acceptors (Lipinski definition) is 3. The Morgan fingerprint density at radius 2 is 1.93 bits per heavy atom. The maximum absolute atomic E-state index is 14.0. The van der Waals surface area contributed by atoms with Crippen LogP contribution in [0.15, 0.2) is 65.6 Å². The molecule has 0 radical (unpaired) electrons. The number of pyridine rings is 1. The van der Waals surface area contributed by atoms with E-state index < -0.39 is 11.7 Å². The van der Waals surface area contributed by atoms with Gasteiger partial charge in [-0.2, -0.15) is 0 Å². The van der Waals surface area contributed by atoms with Crippen LogP contribution in [-0.4, -0.2) is 20.3 Å². The minimum Gasteiger partial charge on any atom is -0.322 e. The number of halogens is 2. The number of hydrogen-bond donors (Lipinski definition) is 1. The lowest BCUT2D eigenvalue weighted by atomic mass is 10.2. The van der Waals surface area contributed by atoms with E-state index in [2.05, 4.69) is 10.3 Å². The van der Waals surface area contributed by atoms with Crippen LogP contribution in [0.25, 0.3) is 16.7 Å². The number of anilines is 1. The Morgan fingerprint density at radius 1 is 1.17 bits per heavy atom. The summed E-state index contributed by atoms with van der Waals surface area (Å²) in [6, 6.07) is 14.6. The molecule has 0 unspecified atom stereocenters. The maximum atomic E-state index is 14.0. The first-order chi connectivity index (χ1) is 13.9. The van der Waals surface area contributed by atoms with Crippen LogP contribution in [0.1, 0.15) is 5.56 Å². The number of rotatable bonds is 4. The molecule has 8 heteroatoms. The largest absolute Gasteiger partial charge is 0.322 e. The number of benzene rings is 2. The molecular weight excluding hydrogens is 395 g/mol. The summed E-state index contributed by atoms with van der Waals surface area (Å²) in [6.45, 7) is 1.71. The molecule has 0 aliphatic rings. The third kappa shape index (κ3) is 3.64. The van der Waals surface area contributed by atoms with E-state index >= 15 is 0 Å². The van der Waals surface area contributed by atoms with Gasteiger partial charge in [0.1, 0.15) is 12.4 Å². The van der Waals surface area contributed by atoms with E-state index in [0.717, 1.165) is 11.6 Å². The Labute approximate surface area is 170 Å². The topological polar surface area (TPSA) is 68.9 Å². The molecule has 1 N–H and O–H groups in total. The van der Waals surface area contributed by atoms with Crippen LogP contribution in [0.4, 0.5) is 10.1 Å². The summed E-state index contributed by atoms with van der Waals surface area (Å²) in [5, 5.41) is 3.13. The van der Waals surface area contributed by atoms with Crippen LogP contribution in [-0.2, 0) is 11.3 Å². The molecule has 6 nitrogen and oxygen atoms in total. The molecule has 0 saturated heterocycles. The van der Waals surface area contributed by atoms with Crippen molar-refractivity contribution in [2.45, 2.75) is 13.5 Å². The number of nitrogens with one attached hydrogen (secondary N) is 1. The van der Waals surface area contributed by atoms with Gasteiger partial charge in [0, 0.05) is 11.2 Å². The Bertz CT molecular complexity index is 1280. The lowest BCUT2D eigenvalue weighted by Crippen LogP contribution is -2.27. The molecule has 0 saturated carbocycles. The highest BCUT2D eigenvalue weighted by Gasteiger charge is 2.18. The number of carbonyl (C=O) groups is 1. The van der Waals surface area contributed by atoms with E-state index in [4.69, 9.17) is 11.6 Å². The van der Waals surface area contributed by atoms with E-state index in [9.17, 15) is 14.0 Å². The minimum atomic E-state index is -0.641. The molecule has 0 spiro atoms. The molecule has 2 aromatic carbocycles. The monoisotopic (exact) mass is 410 g/mol. The van der Waals surface area contributed by atoms with Gasteiger partial charge in [0.2, 0.25) is 5.91 Å². The second kappa shape index (κ2) is 7.52. The first kappa shape index (κ1) is 18.9. The van der Waals surface area contributed by atoms with Gasteiger partial charge in [-0.15, -0.1) is 0 Å². The molecule has 146 valence electrons. The zero-order valence-corrected chi connectivity index (χ0v) is 16.2. The van der Waals surface area contributed by atoms with Crippen molar-refractivity contribution in [1.82, 2.24) is 14.3 Å². The van der Waals surface area contributed by atoms with E-state index in [0.29, 0.717) is 16.7 Å². The summed E-state index contributed by atoms with van der Waals surface area (Å²) in [4.78, 5) is 29.9. The fraction of sp³-hybridized carbons (Fsp3) is 0.0952. The van der Waals surface area contributed by atoms with Crippen LogP contribution in [0.2, 0.25) is 5.02 Å². The van der Waals surface area contributed by atoms with Crippen molar-refractivity contribution in [3.63, 3.8) is 0 Å². The third-order valence-electron chi connectivity index (χ3n) is 4.47. The van der Waals surface area contributed by atoms with Crippen molar-refractivity contribution in [1.29, 1.82) is 0 Å². The molecule has 4 aromatic rings. The number of fused-ring (bicyclic) bond motifs is 1. The van der Waals surface area contributed by atoms with Gasteiger partial charge < -0.3 is 5.32 Å². The summed E-state index contributed by atoms with van der Waals surface area (Å²) in [5.41, 5.74) is 1.72. The summed E-state index contributed by atoms with van der Waals surface area (Å²) >= 11 is 5.75. The smallest absolute Gasteiger partial charge is 0.280 e. The number of carbonyl (C=O) groups excluding carboxylic acids is 1. The Morgan fingerprint density at radius 3 is 2.66 bits per heavy atom. The number of aromatic nitrogens is 3. The highest BCUT2D eigenvalue weighted by atomic mass is 35.5. The molecule has 0 aliphatic heterocycles. The first-order valence-electron chi connectivity index (χ1n) is 8.82. The van der Waals surface area contributed by atoms with Crippen molar-refractivity contribution < 1.29 is 9.18 Å². The third-order valence-corrected chi connectivity index (χ3v) is 4.71. The van der Waals surface area contributed by atoms with Gasteiger partial charge >= 0.3 is 0 Å². The molecular formula is C21H16ClFN4O2. The quantitative estimate of drug-likeness (QED) is 0.554. The predicted octanol–water partition coefficient (Wildman–Crippen LogP) is 3.93. The average molecular weight is 411 g/mol. The van der Waals surface area contributed by atoms with Gasteiger partial charge in [-0.3, -0.25) is 14.3 Å². The van der Waals surface area contributed by atoms with Gasteiger partial charge in [0.15, 0.2) is 5.65 Å². The Hall–Kier alpha value is -3.45. The lowest BCUT2D eigenvalue weighted by molar-refractivity contribution is -0.117. The number of nitrogens with zero attached hydrogens (tertiary/aromatic N) is 3. The molecule has 29 heavy (non-hydrogen) atoms. The summed E-state index contributed by atoms with van der Waals surface area (Å²) in [7, 11) is 0. The minimum absolute atomic E-state index is 0.00746. The molecule has 2 heterocycles. The number of aryl methyl sites for hydroxylation is 1. The molecule has 2 aromatic heterocycles. The molecule has 4 rings (SSSR count). The molecule has 0 fully saturated rings. The van der Waals surface area contributed by atoms with Crippen molar-refractivity contribution in [3.8, 4) is 5.69 Å². The van der Waals surface area contributed by atoms with Crippen molar-refractivity contribution in [3.05, 3.63) is 87.6 Å². The molecule has 0 atom stereocenters. The van der Waals surface area contributed by atoms with Crippen LogP contribution >= 0.6 is 11.6 Å². The van der Waals surface area contributed by atoms with Crippen LogP contribution in [0, 0.1) is 12.7 Å². The van der Waals surface area contributed by atoms with Gasteiger partial charge in [-0.05, 0) is 49.4 Å². The SMILES string of the molecule is Cc1ccc(-n2c(=O)c3cccnc3n2CC(=O)Nc2ccc(Cl)cc2F)cc1. The second-order valence-electron chi connectivity index (χ2n) is 6.56. The average Bonchev–Trinajstić information content (AvgIpc) is 2.97. The highest BCUT2D eigenvalue weighted by Crippen LogP contribution is 2.19. The van der Waals surface area contributed by atoms with E-state index in [-0.39, 0.29) is 22.8 Å². The van der Waals surface area contributed by atoms with E-state index in [1.165, 1.54) is 21.5 Å². The van der Waals surface area contributed by atoms with E-state index in [1.807, 2.05) is 19.1 Å². The van der Waals surface area contributed by atoms with Gasteiger partial charge in [-0.1, -0.05) is 29.3 Å². The van der Waals surface area contributed by atoms with Crippen LogP contribution in [0.3, 0.4) is 0 Å². The zero-order chi connectivity index (χ0) is 20.5. The van der Waals surface area contributed by atoms with Crippen molar-refractivity contribution >= 4 is 34.2 Å². The highest BCUT2D eigenvalue weighted by molar-refractivity contribution is 6.30. The van der Waals surface area contributed by atoms with Crippen LogP contribution in [0.5, 0.6) is 0 Å². The molecule has 0 bridgehead atoms. The zero-order valence-electron chi connectivity index (χ0n) is 15.4. The fourth-order valence-electron chi connectivity index (χ4n) is 3.09. The van der Waals surface area contributed by atoms with Gasteiger partial charge in [0.25, 0.3) is 5.56 Å². The fourth-order valence-corrected chi connectivity index (χ4v) is 3.25. The molecule has 1 amide bonds. The van der Waals surface area contributed by atoms with Gasteiger partial charge in [0.05, 0.1) is 16.8 Å². The molecule has 0 aliphatic carbocycles. The van der Waals surface area contributed by atoms with Gasteiger partial charge in [-0.25, -0.2) is 14.1 Å². The summed E-state index contributed by atoms with van der Waals surface area (Å²) < 4.78 is 16.9. The normalized spacial score (nSPS) is 11.0. The lowest BCUT2D eigenvalue weighted by Gasteiger charge is -2.13.